The second kappa shape index (κ2) is 8.27. The monoisotopic (exact) mass is 370 g/mol. The summed E-state index contributed by atoms with van der Waals surface area (Å²) in [6, 6.07) is 18.9. The van der Waals surface area contributed by atoms with Crippen molar-refractivity contribution in [3.8, 4) is 0 Å². The number of nitrogens with one attached hydrogen (secondary N) is 1. The van der Waals surface area contributed by atoms with E-state index in [1.54, 1.807) is 0 Å². The van der Waals surface area contributed by atoms with Crippen molar-refractivity contribution in [3.05, 3.63) is 71.8 Å². The summed E-state index contributed by atoms with van der Waals surface area (Å²) in [6.07, 6.45) is 3.13. The van der Waals surface area contributed by atoms with E-state index in [-0.39, 0.29) is 5.25 Å². The summed E-state index contributed by atoms with van der Waals surface area (Å²) in [4.78, 5) is 12.2. The van der Waals surface area contributed by atoms with Crippen LogP contribution < -0.4 is 5.43 Å². The lowest BCUT2D eigenvalue weighted by Gasteiger charge is -2.11. The smallest absolute Gasteiger partial charge is 0.255 e. The molecule has 0 radical (unpaired) electrons. The molecule has 1 saturated carbocycles. The van der Waals surface area contributed by atoms with E-state index in [4.69, 9.17) is 0 Å². The molecule has 0 atom stereocenters. The standard InChI is InChI=1S/C20H22N2O3S/c23-19(15-26(24,25)18-13-7-8-14-18)21-22-20(16-9-3-1-4-10-16)17-11-5-2-6-12-17/h1-6,9-12,18H,7-8,13-15H2,(H,21,23). The number of nitrogens with zero attached hydrogens (tertiary/aromatic N) is 1. The molecular formula is C20H22N2O3S. The van der Waals surface area contributed by atoms with Crippen LogP contribution in [0, 0.1) is 0 Å². The van der Waals surface area contributed by atoms with E-state index in [0.717, 1.165) is 24.0 Å². The SMILES string of the molecule is O=C(CS(=O)(=O)C1CCCC1)NN=C(c1ccccc1)c1ccccc1. The largest absolute Gasteiger partial charge is 0.272 e. The van der Waals surface area contributed by atoms with Gasteiger partial charge in [0, 0.05) is 11.1 Å². The van der Waals surface area contributed by atoms with Gasteiger partial charge in [-0.3, -0.25) is 4.79 Å². The van der Waals surface area contributed by atoms with Crippen LogP contribution >= 0.6 is 0 Å². The van der Waals surface area contributed by atoms with E-state index < -0.39 is 21.5 Å². The van der Waals surface area contributed by atoms with Crippen molar-refractivity contribution in [1.29, 1.82) is 0 Å². The van der Waals surface area contributed by atoms with Gasteiger partial charge in [-0.05, 0) is 12.8 Å². The molecular weight excluding hydrogens is 348 g/mol. The molecule has 5 nitrogen and oxygen atoms in total. The molecule has 26 heavy (non-hydrogen) atoms. The summed E-state index contributed by atoms with van der Waals surface area (Å²) in [5, 5.41) is 3.84. The number of hydrogen-bond acceptors (Lipinski definition) is 4. The van der Waals surface area contributed by atoms with Gasteiger partial charge in [0.25, 0.3) is 5.91 Å². The van der Waals surface area contributed by atoms with Crippen molar-refractivity contribution in [2.45, 2.75) is 30.9 Å². The number of hydrazone groups is 1. The zero-order valence-corrected chi connectivity index (χ0v) is 15.3. The third kappa shape index (κ3) is 4.58. The Bertz CT molecular complexity index is 830. The minimum Gasteiger partial charge on any atom is -0.272 e. The molecule has 1 fully saturated rings. The van der Waals surface area contributed by atoms with Gasteiger partial charge in [-0.25, -0.2) is 13.8 Å². The Morgan fingerprint density at radius 2 is 1.42 bits per heavy atom. The first-order chi connectivity index (χ1) is 12.6. The Balaban J connectivity index is 1.77. The molecule has 3 rings (SSSR count). The Morgan fingerprint density at radius 1 is 0.923 bits per heavy atom. The predicted octanol–water partition coefficient (Wildman–Crippen LogP) is 2.91. The molecule has 136 valence electrons. The average Bonchev–Trinajstić information content (AvgIpc) is 3.19. The minimum absolute atomic E-state index is 0.389. The van der Waals surface area contributed by atoms with E-state index in [2.05, 4.69) is 10.5 Å². The topological polar surface area (TPSA) is 75.6 Å². The molecule has 6 heteroatoms. The summed E-state index contributed by atoms with van der Waals surface area (Å²) in [5.74, 6) is -1.11. The molecule has 0 saturated heterocycles. The van der Waals surface area contributed by atoms with Crippen LogP contribution in [0.3, 0.4) is 0 Å². The summed E-state index contributed by atoms with van der Waals surface area (Å²) in [6.45, 7) is 0. The molecule has 0 bridgehead atoms. The molecule has 0 aromatic heterocycles. The average molecular weight is 370 g/mol. The number of benzene rings is 2. The van der Waals surface area contributed by atoms with E-state index in [1.807, 2.05) is 60.7 Å². The molecule has 1 N–H and O–H groups in total. The van der Waals surface area contributed by atoms with Gasteiger partial charge < -0.3 is 0 Å². The Morgan fingerprint density at radius 3 is 1.92 bits per heavy atom. The zero-order valence-electron chi connectivity index (χ0n) is 14.5. The van der Waals surface area contributed by atoms with E-state index in [9.17, 15) is 13.2 Å². The van der Waals surface area contributed by atoms with Crippen LogP contribution in [0.25, 0.3) is 0 Å². The fraction of sp³-hybridized carbons (Fsp3) is 0.300. The predicted molar refractivity (Wildman–Crippen MR) is 103 cm³/mol. The van der Waals surface area contributed by atoms with E-state index >= 15 is 0 Å². The van der Waals surface area contributed by atoms with Gasteiger partial charge >= 0.3 is 0 Å². The van der Waals surface area contributed by atoms with Crippen LogP contribution in [-0.4, -0.2) is 31.0 Å². The summed E-state index contributed by atoms with van der Waals surface area (Å²) in [5.41, 5.74) is 4.71. The fourth-order valence-electron chi connectivity index (χ4n) is 3.19. The summed E-state index contributed by atoms with van der Waals surface area (Å²) in [7, 11) is -3.42. The van der Waals surface area contributed by atoms with Gasteiger partial charge in [0.2, 0.25) is 0 Å². The van der Waals surface area contributed by atoms with Crippen LogP contribution in [0.5, 0.6) is 0 Å². The van der Waals surface area contributed by atoms with Crippen LogP contribution in [-0.2, 0) is 14.6 Å². The maximum absolute atomic E-state index is 12.3. The molecule has 2 aromatic carbocycles. The van der Waals surface area contributed by atoms with Crippen LogP contribution in [0.2, 0.25) is 0 Å². The number of rotatable bonds is 6. The van der Waals surface area contributed by atoms with Crippen LogP contribution in [0.4, 0.5) is 0 Å². The molecule has 1 aliphatic carbocycles. The van der Waals surface area contributed by atoms with Crippen LogP contribution in [0.1, 0.15) is 36.8 Å². The van der Waals surface area contributed by atoms with Gasteiger partial charge in [0.15, 0.2) is 9.84 Å². The van der Waals surface area contributed by atoms with Crippen molar-refractivity contribution >= 4 is 21.5 Å². The summed E-state index contributed by atoms with van der Waals surface area (Å²) >= 11 is 0. The normalized spacial score (nSPS) is 14.8. The zero-order chi connectivity index (χ0) is 18.4. The van der Waals surface area contributed by atoms with E-state index in [0.29, 0.717) is 18.6 Å². The third-order valence-corrected chi connectivity index (χ3v) is 6.68. The Hall–Kier alpha value is -2.47. The van der Waals surface area contributed by atoms with Crippen molar-refractivity contribution in [3.63, 3.8) is 0 Å². The highest BCUT2D eigenvalue weighted by atomic mass is 32.2. The molecule has 1 aliphatic rings. The highest BCUT2D eigenvalue weighted by molar-refractivity contribution is 7.92. The Labute approximate surface area is 154 Å². The third-order valence-electron chi connectivity index (χ3n) is 4.53. The maximum Gasteiger partial charge on any atom is 0.255 e. The van der Waals surface area contributed by atoms with Crippen molar-refractivity contribution in [2.75, 3.05) is 5.75 Å². The second-order valence-electron chi connectivity index (χ2n) is 6.44. The lowest BCUT2D eigenvalue weighted by molar-refractivity contribution is -0.118. The maximum atomic E-state index is 12.3. The fourth-order valence-corrected chi connectivity index (χ4v) is 4.90. The second-order valence-corrected chi connectivity index (χ2v) is 8.72. The minimum atomic E-state index is -3.42. The van der Waals surface area contributed by atoms with Gasteiger partial charge in [0.1, 0.15) is 5.75 Å². The van der Waals surface area contributed by atoms with Crippen molar-refractivity contribution in [1.82, 2.24) is 5.43 Å². The first kappa shape index (κ1) is 18.3. The van der Waals surface area contributed by atoms with Gasteiger partial charge in [-0.2, -0.15) is 5.10 Å². The number of amides is 1. The van der Waals surface area contributed by atoms with Crippen LogP contribution in [0.15, 0.2) is 65.8 Å². The number of hydrogen-bond donors (Lipinski definition) is 1. The molecule has 0 unspecified atom stereocenters. The molecule has 0 heterocycles. The lowest BCUT2D eigenvalue weighted by atomic mass is 10.0. The highest BCUT2D eigenvalue weighted by Crippen LogP contribution is 2.25. The van der Waals surface area contributed by atoms with E-state index in [1.165, 1.54) is 0 Å². The first-order valence-electron chi connectivity index (χ1n) is 8.75. The van der Waals surface area contributed by atoms with Gasteiger partial charge in [0.05, 0.1) is 11.0 Å². The molecule has 1 amide bonds. The van der Waals surface area contributed by atoms with Crippen molar-refractivity contribution < 1.29 is 13.2 Å². The number of carbonyl (C=O) groups is 1. The van der Waals surface area contributed by atoms with Gasteiger partial charge in [-0.15, -0.1) is 0 Å². The van der Waals surface area contributed by atoms with Gasteiger partial charge in [-0.1, -0.05) is 73.5 Å². The molecule has 0 spiro atoms. The highest BCUT2D eigenvalue weighted by Gasteiger charge is 2.30. The quantitative estimate of drug-likeness (QED) is 0.627. The summed E-state index contributed by atoms with van der Waals surface area (Å²) < 4.78 is 24.6. The number of carbonyl (C=O) groups excluding carboxylic acids is 1. The Kier molecular flexibility index (Phi) is 5.83. The van der Waals surface area contributed by atoms with Crippen molar-refractivity contribution in [2.24, 2.45) is 5.10 Å². The molecule has 0 aliphatic heterocycles. The number of sulfone groups is 1. The molecule has 2 aromatic rings. The lowest BCUT2D eigenvalue weighted by Crippen LogP contribution is -2.32. The first-order valence-corrected chi connectivity index (χ1v) is 10.5.